The lowest BCUT2D eigenvalue weighted by Gasteiger charge is -2.24. The zero-order valence-electron chi connectivity index (χ0n) is 9.98. The monoisotopic (exact) mass is 224 g/mol. The van der Waals surface area contributed by atoms with Gasteiger partial charge in [0.15, 0.2) is 0 Å². The van der Waals surface area contributed by atoms with Crippen LogP contribution >= 0.6 is 0 Å². The fourth-order valence-electron chi connectivity index (χ4n) is 1.46. The van der Waals surface area contributed by atoms with Gasteiger partial charge in [0.2, 0.25) is 0 Å². The van der Waals surface area contributed by atoms with Crippen molar-refractivity contribution in [2.45, 2.75) is 0 Å². The average molecular weight is 224 g/mol. The Balaban J connectivity index is 2.62. The van der Waals surface area contributed by atoms with Crippen molar-refractivity contribution < 1.29 is 9.47 Å². The minimum atomic E-state index is 0.702. The molecule has 0 unspecified atom stereocenters. The third-order valence-electron chi connectivity index (χ3n) is 2.39. The number of nitrogen functional groups attached to an aromatic ring is 1. The number of hydrogen-bond donors (Lipinski definition) is 1. The maximum absolute atomic E-state index is 5.66. The first-order chi connectivity index (χ1) is 7.77. The van der Waals surface area contributed by atoms with Crippen LogP contribution in [-0.4, -0.2) is 40.5 Å². The first-order valence-electron chi connectivity index (χ1n) is 5.36. The van der Waals surface area contributed by atoms with Gasteiger partial charge in [-0.2, -0.15) is 0 Å². The van der Waals surface area contributed by atoms with E-state index in [0.29, 0.717) is 13.2 Å². The molecule has 0 spiro atoms. The SMILES string of the molecule is COCCN(CCOC)c1ccc(N)cc1. The Labute approximate surface area is 96.9 Å². The van der Waals surface area contributed by atoms with Crippen molar-refractivity contribution in [3.63, 3.8) is 0 Å². The maximum Gasteiger partial charge on any atom is 0.0637 e. The predicted molar refractivity (Wildman–Crippen MR) is 66.8 cm³/mol. The molecule has 0 radical (unpaired) electrons. The van der Waals surface area contributed by atoms with Gasteiger partial charge in [-0.05, 0) is 24.3 Å². The molecule has 1 aromatic rings. The molecule has 0 fully saturated rings. The quantitative estimate of drug-likeness (QED) is 0.711. The maximum atomic E-state index is 5.66. The van der Waals surface area contributed by atoms with E-state index < -0.39 is 0 Å². The Morgan fingerprint density at radius 3 is 1.94 bits per heavy atom. The van der Waals surface area contributed by atoms with Crippen LogP contribution in [0.5, 0.6) is 0 Å². The Morgan fingerprint density at radius 2 is 1.50 bits per heavy atom. The lowest BCUT2D eigenvalue weighted by Crippen LogP contribution is -2.30. The number of rotatable bonds is 7. The molecule has 0 aliphatic rings. The third-order valence-corrected chi connectivity index (χ3v) is 2.39. The van der Waals surface area contributed by atoms with Crippen LogP contribution in [0.4, 0.5) is 11.4 Å². The molecule has 0 heterocycles. The normalized spacial score (nSPS) is 10.4. The van der Waals surface area contributed by atoms with Crippen LogP contribution in [0.1, 0.15) is 0 Å². The molecular formula is C12H20N2O2. The number of hydrogen-bond acceptors (Lipinski definition) is 4. The number of methoxy groups -OCH3 is 2. The van der Waals surface area contributed by atoms with Gasteiger partial charge in [-0.3, -0.25) is 0 Å². The molecule has 2 N–H and O–H groups in total. The summed E-state index contributed by atoms with van der Waals surface area (Å²) < 4.78 is 10.2. The van der Waals surface area contributed by atoms with Gasteiger partial charge in [-0.15, -0.1) is 0 Å². The summed E-state index contributed by atoms with van der Waals surface area (Å²) in [6, 6.07) is 7.84. The molecular weight excluding hydrogens is 204 g/mol. The lowest BCUT2D eigenvalue weighted by molar-refractivity contribution is 0.190. The molecule has 0 aromatic heterocycles. The lowest BCUT2D eigenvalue weighted by atomic mass is 10.2. The zero-order valence-corrected chi connectivity index (χ0v) is 9.98. The van der Waals surface area contributed by atoms with E-state index in [1.165, 1.54) is 0 Å². The molecule has 4 nitrogen and oxygen atoms in total. The van der Waals surface area contributed by atoms with Crippen molar-refractivity contribution in [3.8, 4) is 0 Å². The zero-order chi connectivity index (χ0) is 11.8. The molecule has 0 aliphatic carbocycles. The van der Waals surface area contributed by atoms with Crippen molar-refractivity contribution in [1.82, 2.24) is 0 Å². The highest BCUT2D eigenvalue weighted by Gasteiger charge is 2.05. The summed E-state index contributed by atoms with van der Waals surface area (Å²) in [6.07, 6.45) is 0. The van der Waals surface area contributed by atoms with E-state index >= 15 is 0 Å². The van der Waals surface area contributed by atoms with E-state index in [4.69, 9.17) is 15.2 Å². The van der Waals surface area contributed by atoms with Crippen molar-refractivity contribution in [3.05, 3.63) is 24.3 Å². The van der Waals surface area contributed by atoms with E-state index in [-0.39, 0.29) is 0 Å². The summed E-state index contributed by atoms with van der Waals surface area (Å²) in [6.45, 7) is 3.11. The van der Waals surface area contributed by atoms with Crippen LogP contribution in [0, 0.1) is 0 Å². The summed E-state index contributed by atoms with van der Waals surface area (Å²) in [5, 5.41) is 0. The topological polar surface area (TPSA) is 47.7 Å². The van der Waals surface area contributed by atoms with Crippen molar-refractivity contribution >= 4 is 11.4 Å². The first kappa shape index (κ1) is 12.8. The molecule has 0 bridgehead atoms. The molecule has 0 atom stereocenters. The molecule has 4 heteroatoms. The van der Waals surface area contributed by atoms with Gasteiger partial charge in [0, 0.05) is 38.7 Å². The largest absolute Gasteiger partial charge is 0.399 e. The Morgan fingerprint density at radius 1 is 1.00 bits per heavy atom. The van der Waals surface area contributed by atoms with Crippen LogP contribution < -0.4 is 10.6 Å². The first-order valence-corrected chi connectivity index (χ1v) is 5.36. The number of nitrogens with zero attached hydrogens (tertiary/aromatic N) is 1. The third kappa shape index (κ3) is 4.08. The fourth-order valence-corrected chi connectivity index (χ4v) is 1.46. The predicted octanol–water partition coefficient (Wildman–Crippen LogP) is 1.37. The highest BCUT2D eigenvalue weighted by molar-refractivity contribution is 5.53. The molecule has 0 amide bonds. The van der Waals surface area contributed by atoms with Gasteiger partial charge in [-0.1, -0.05) is 0 Å². The number of anilines is 2. The number of benzene rings is 1. The van der Waals surface area contributed by atoms with Crippen molar-refractivity contribution in [2.24, 2.45) is 0 Å². The van der Waals surface area contributed by atoms with Crippen LogP contribution in [0.2, 0.25) is 0 Å². The fraction of sp³-hybridized carbons (Fsp3) is 0.500. The molecule has 0 saturated heterocycles. The van der Waals surface area contributed by atoms with Gasteiger partial charge in [0.05, 0.1) is 13.2 Å². The second-order valence-corrected chi connectivity index (χ2v) is 3.56. The standard InChI is InChI=1S/C12H20N2O2/c1-15-9-7-14(8-10-16-2)12-5-3-11(13)4-6-12/h3-6H,7-10,13H2,1-2H3. The summed E-state index contributed by atoms with van der Waals surface area (Å²) in [5.41, 5.74) is 7.58. The van der Waals surface area contributed by atoms with E-state index in [1.807, 2.05) is 24.3 Å². The highest BCUT2D eigenvalue weighted by Crippen LogP contribution is 2.15. The molecule has 0 saturated carbocycles. The van der Waals surface area contributed by atoms with Crippen molar-refractivity contribution in [2.75, 3.05) is 51.2 Å². The van der Waals surface area contributed by atoms with Crippen LogP contribution in [0.3, 0.4) is 0 Å². The minimum Gasteiger partial charge on any atom is -0.399 e. The Kier molecular flexibility index (Phi) is 5.67. The smallest absolute Gasteiger partial charge is 0.0637 e. The van der Waals surface area contributed by atoms with E-state index in [9.17, 15) is 0 Å². The second kappa shape index (κ2) is 7.09. The number of ether oxygens (including phenoxy) is 2. The van der Waals surface area contributed by atoms with E-state index in [2.05, 4.69) is 4.90 Å². The highest BCUT2D eigenvalue weighted by atomic mass is 16.5. The summed E-state index contributed by atoms with van der Waals surface area (Å²) in [4.78, 5) is 2.21. The molecule has 0 aliphatic heterocycles. The van der Waals surface area contributed by atoms with Crippen LogP contribution in [0.15, 0.2) is 24.3 Å². The number of nitrogens with two attached hydrogens (primary N) is 1. The van der Waals surface area contributed by atoms with Crippen LogP contribution in [-0.2, 0) is 9.47 Å². The van der Waals surface area contributed by atoms with Crippen LogP contribution in [0.25, 0.3) is 0 Å². The molecule has 1 aromatic carbocycles. The van der Waals surface area contributed by atoms with Crippen molar-refractivity contribution in [1.29, 1.82) is 0 Å². The second-order valence-electron chi connectivity index (χ2n) is 3.56. The molecule has 16 heavy (non-hydrogen) atoms. The van der Waals surface area contributed by atoms with E-state index in [1.54, 1.807) is 14.2 Å². The van der Waals surface area contributed by atoms with Gasteiger partial charge in [0.25, 0.3) is 0 Å². The van der Waals surface area contributed by atoms with Gasteiger partial charge < -0.3 is 20.1 Å². The van der Waals surface area contributed by atoms with Gasteiger partial charge in [-0.25, -0.2) is 0 Å². The summed E-state index contributed by atoms with van der Waals surface area (Å²) in [5.74, 6) is 0. The summed E-state index contributed by atoms with van der Waals surface area (Å²) in [7, 11) is 3.41. The van der Waals surface area contributed by atoms with E-state index in [0.717, 1.165) is 24.5 Å². The van der Waals surface area contributed by atoms with Gasteiger partial charge >= 0.3 is 0 Å². The molecule has 1 rings (SSSR count). The average Bonchev–Trinajstić information content (AvgIpc) is 2.31. The van der Waals surface area contributed by atoms with Gasteiger partial charge in [0.1, 0.15) is 0 Å². The Hall–Kier alpha value is -1.26. The summed E-state index contributed by atoms with van der Waals surface area (Å²) >= 11 is 0. The minimum absolute atomic E-state index is 0.702. The Bertz CT molecular complexity index is 280. The molecule has 90 valence electrons.